The van der Waals surface area contributed by atoms with Crippen LogP contribution in [0.5, 0.6) is 5.75 Å². The van der Waals surface area contributed by atoms with Crippen LogP contribution in [0.15, 0.2) is 59.8 Å². The molecule has 4 aromatic rings. The Kier molecular flexibility index (Phi) is 5.95. The summed E-state index contributed by atoms with van der Waals surface area (Å²) < 4.78 is 8.61. The van der Waals surface area contributed by atoms with Gasteiger partial charge in [-0.05, 0) is 34.7 Å². The van der Waals surface area contributed by atoms with E-state index in [9.17, 15) is 14.7 Å². The topological polar surface area (TPSA) is 125 Å². The number of carboxylic acid groups (broad SMARTS) is 1. The highest BCUT2D eigenvalue weighted by molar-refractivity contribution is 6.31. The first-order chi connectivity index (χ1) is 15.5. The second kappa shape index (κ2) is 8.98. The van der Waals surface area contributed by atoms with Gasteiger partial charge in [-0.15, -0.1) is 5.10 Å². The third-order valence-corrected chi connectivity index (χ3v) is 5.09. The number of carboxylic acids is 1. The van der Waals surface area contributed by atoms with Crippen LogP contribution < -0.4 is 10.3 Å². The highest BCUT2D eigenvalue weighted by Crippen LogP contribution is 2.27. The molecule has 0 fully saturated rings. The smallest absolute Gasteiger partial charge is 0.342 e. The highest BCUT2D eigenvalue weighted by Gasteiger charge is 2.18. The molecule has 0 saturated carbocycles. The fourth-order valence-electron chi connectivity index (χ4n) is 3.14. The van der Waals surface area contributed by atoms with E-state index >= 15 is 0 Å². The van der Waals surface area contributed by atoms with Crippen molar-refractivity contribution < 1.29 is 14.6 Å². The molecule has 2 aromatic carbocycles. The molecule has 11 heteroatoms. The number of benzene rings is 2. The number of rotatable bonds is 7. The zero-order valence-corrected chi connectivity index (χ0v) is 17.6. The van der Waals surface area contributed by atoms with Gasteiger partial charge in [0.05, 0.1) is 5.69 Å². The van der Waals surface area contributed by atoms with E-state index in [1.165, 1.54) is 15.6 Å². The molecule has 0 aliphatic carbocycles. The van der Waals surface area contributed by atoms with Gasteiger partial charge in [0.25, 0.3) is 5.56 Å². The lowest BCUT2D eigenvalue weighted by molar-refractivity contribution is 0.0694. The lowest BCUT2D eigenvalue weighted by atomic mass is 10.2. The average Bonchev–Trinajstić information content (AvgIpc) is 3.33. The van der Waals surface area contributed by atoms with Crippen molar-refractivity contribution in [1.29, 1.82) is 0 Å². The van der Waals surface area contributed by atoms with E-state index in [-0.39, 0.29) is 6.61 Å². The number of aryl methyl sites for hydroxylation is 1. The average molecular weight is 453 g/mol. The molecule has 0 atom stereocenters. The van der Waals surface area contributed by atoms with Crippen molar-refractivity contribution >= 4 is 17.6 Å². The summed E-state index contributed by atoms with van der Waals surface area (Å²) in [7, 11) is 0. The van der Waals surface area contributed by atoms with Crippen LogP contribution in [0.3, 0.4) is 0 Å². The third-order valence-electron chi connectivity index (χ3n) is 4.72. The zero-order valence-electron chi connectivity index (χ0n) is 16.8. The van der Waals surface area contributed by atoms with Gasteiger partial charge in [-0.3, -0.25) is 9.36 Å². The van der Waals surface area contributed by atoms with Crippen LogP contribution in [-0.2, 0) is 13.0 Å². The molecule has 32 heavy (non-hydrogen) atoms. The van der Waals surface area contributed by atoms with Gasteiger partial charge in [-0.25, -0.2) is 9.78 Å². The maximum absolute atomic E-state index is 12.9. The van der Waals surface area contributed by atoms with Gasteiger partial charge in [0.2, 0.25) is 0 Å². The molecule has 0 radical (unpaired) electrons. The Bertz CT molecular complexity index is 1340. The summed E-state index contributed by atoms with van der Waals surface area (Å²) in [6.07, 6.45) is 2.88. The molecule has 0 bridgehead atoms. The van der Waals surface area contributed by atoms with E-state index in [0.29, 0.717) is 34.4 Å². The minimum absolute atomic E-state index is 0.199. The summed E-state index contributed by atoms with van der Waals surface area (Å²) in [5.74, 6) is -0.499. The summed E-state index contributed by atoms with van der Waals surface area (Å²) in [6.45, 7) is 2.02. The first-order valence-electron chi connectivity index (χ1n) is 9.57. The molecule has 0 aliphatic heterocycles. The van der Waals surface area contributed by atoms with Crippen LogP contribution in [0.4, 0.5) is 0 Å². The Labute approximate surface area is 186 Å². The van der Waals surface area contributed by atoms with Crippen molar-refractivity contribution in [1.82, 2.24) is 29.8 Å². The van der Waals surface area contributed by atoms with Gasteiger partial charge in [-0.2, -0.15) is 4.68 Å². The second-order valence-corrected chi connectivity index (χ2v) is 7.08. The number of aromatic nitrogens is 6. The normalized spacial score (nSPS) is 10.8. The Morgan fingerprint density at radius 3 is 2.72 bits per heavy atom. The molecule has 10 nitrogen and oxygen atoms in total. The van der Waals surface area contributed by atoms with Gasteiger partial charge in [0.15, 0.2) is 0 Å². The maximum Gasteiger partial charge on any atom is 0.342 e. The molecular formula is C21H17ClN6O4. The third kappa shape index (κ3) is 4.08. The predicted molar refractivity (Wildman–Crippen MR) is 115 cm³/mol. The van der Waals surface area contributed by atoms with E-state index in [1.54, 1.807) is 24.3 Å². The number of hydrogen-bond donors (Lipinski definition) is 1. The van der Waals surface area contributed by atoms with Gasteiger partial charge >= 0.3 is 5.97 Å². The largest absolute Gasteiger partial charge is 0.487 e. The first kappa shape index (κ1) is 21.2. The second-order valence-electron chi connectivity index (χ2n) is 6.67. The van der Waals surface area contributed by atoms with E-state index < -0.39 is 17.1 Å². The molecule has 0 aliphatic rings. The van der Waals surface area contributed by atoms with Gasteiger partial charge in [0.1, 0.15) is 35.8 Å². The zero-order chi connectivity index (χ0) is 22.7. The number of hydrogen-bond acceptors (Lipinski definition) is 7. The quantitative estimate of drug-likeness (QED) is 0.453. The molecule has 0 unspecified atom stereocenters. The SMILES string of the molecule is CCc1ncc(C(=O)O)c(=O)n1-c1ccc(OCc2ccccc2Cl)c(-n2cnnn2)c1. The standard InChI is InChI=1S/C21H17ClN6O4/c1-2-19-23-10-15(21(30)31)20(29)28(19)14-7-8-18(17(9-14)27-12-24-25-26-27)32-11-13-5-3-4-6-16(13)22/h3-10,12H,2,11H2,1H3,(H,30,31). The van der Waals surface area contributed by atoms with Crippen LogP contribution in [0, 0.1) is 0 Å². The molecule has 2 aromatic heterocycles. The van der Waals surface area contributed by atoms with Crippen molar-refractivity contribution in [2.75, 3.05) is 0 Å². The van der Waals surface area contributed by atoms with E-state index in [1.807, 2.05) is 25.1 Å². The summed E-state index contributed by atoms with van der Waals surface area (Å²) in [5, 5.41) is 21.1. The molecule has 162 valence electrons. The molecule has 1 N–H and O–H groups in total. The van der Waals surface area contributed by atoms with Gasteiger partial charge in [-0.1, -0.05) is 36.7 Å². The van der Waals surface area contributed by atoms with E-state index in [2.05, 4.69) is 20.5 Å². The molecule has 4 rings (SSSR count). The minimum Gasteiger partial charge on any atom is -0.487 e. The van der Waals surface area contributed by atoms with Crippen LogP contribution >= 0.6 is 11.6 Å². The molecule has 2 heterocycles. The Balaban J connectivity index is 1.81. The fourth-order valence-corrected chi connectivity index (χ4v) is 3.33. The minimum atomic E-state index is -1.35. The van der Waals surface area contributed by atoms with Crippen molar-refractivity contribution in [3.8, 4) is 17.1 Å². The van der Waals surface area contributed by atoms with E-state index in [0.717, 1.165) is 11.8 Å². The number of carbonyl (C=O) groups is 1. The van der Waals surface area contributed by atoms with Crippen molar-refractivity contribution in [2.45, 2.75) is 20.0 Å². The molecule has 0 saturated heterocycles. The predicted octanol–water partition coefficient (Wildman–Crippen LogP) is 2.70. The Morgan fingerprint density at radius 2 is 2.03 bits per heavy atom. The molecular weight excluding hydrogens is 436 g/mol. The summed E-state index contributed by atoms with van der Waals surface area (Å²) in [4.78, 5) is 28.5. The number of tetrazole rings is 1. The fraction of sp³-hybridized carbons (Fsp3) is 0.143. The van der Waals surface area contributed by atoms with Gasteiger partial charge in [0, 0.05) is 23.2 Å². The van der Waals surface area contributed by atoms with Crippen LogP contribution in [0.25, 0.3) is 11.4 Å². The van der Waals surface area contributed by atoms with Crippen LogP contribution in [0.2, 0.25) is 5.02 Å². The summed E-state index contributed by atoms with van der Waals surface area (Å²) in [6, 6.07) is 12.2. The Hall–Kier alpha value is -4.05. The van der Waals surface area contributed by atoms with Crippen molar-refractivity contribution in [3.63, 3.8) is 0 Å². The first-order valence-corrected chi connectivity index (χ1v) is 9.95. The van der Waals surface area contributed by atoms with Crippen LogP contribution in [0.1, 0.15) is 28.7 Å². The molecule has 0 spiro atoms. The number of ether oxygens (including phenoxy) is 1. The maximum atomic E-state index is 12.9. The Morgan fingerprint density at radius 1 is 1.22 bits per heavy atom. The lowest BCUT2D eigenvalue weighted by Crippen LogP contribution is -2.28. The number of halogens is 1. The van der Waals surface area contributed by atoms with Crippen molar-refractivity contribution in [3.05, 3.63) is 87.3 Å². The van der Waals surface area contributed by atoms with Gasteiger partial charge < -0.3 is 9.84 Å². The highest BCUT2D eigenvalue weighted by atomic mass is 35.5. The number of aromatic carboxylic acids is 1. The molecule has 0 amide bonds. The van der Waals surface area contributed by atoms with E-state index in [4.69, 9.17) is 16.3 Å². The van der Waals surface area contributed by atoms with Crippen molar-refractivity contribution in [2.24, 2.45) is 0 Å². The summed E-state index contributed by atoms with van der Waals surface area (Å²) in [5.41, 5.74) is 0.540. The number of nitrogens with zero attached hydrogens (tertiary/aromatic N) is 6. The summed E-state index contributed by atoms with van der Waals surface area (Å²) >= 11 is 6.22. The van der Waals surface area contributed by atoms with Crippen LogP contribution in [-0.4, -0.2) is 40.8 Å². The monoisotopic (exact) mass is 452 g/mol. The lowest BCUT2D eigenvalue weighted by Gasteiger charge is -2.16.